The molecule has 3 heterocycles. The first kappa shape index (κ1) is 15.4. The molecule has 4 nitrogen and oxygen atoms in total. The quantitative estimate of drug-likeness (QED) is 0.705. The topological polar surface area (TPSA) is 34.0 Å². The van der Waals surface area contributed by atoms with Crippen molar-refractivity contribution in [3.05, 3.63) is 58.8 Å². The fraction of sp³-hybridized carbons (Fsp3) is 0.263. The Morgan fingerprint density at radius 2 is 2.04 bits per heavy atom. The molecule has 0 spiro atoms. The second-order valence-electron chi connectivity index (χ2n) is 6.38. The van der Waals surface area contributed by atoms with E-state index in [9.17, 15) is 0 Å². The van der Waals surface area contributed by atoms with Crippen molar-refractivity contribution in [3.63, 3.8) is 0 Å². The number of allylic oxidation sites excluding steroid dienone is 1. The molecule has 2 aromatic heterocycles. The minimum atomic E-state index is 0.785. The molecule has 0 atom stereocenters. The standard InChI is InChI=1S/C19H19ClN4/c1-13(14-8-21-12-22-9-14)10-24-18-4-3-15(20)7-16(18)17-11-23(2)6-5-19(17)24/h3-4,7-10,12H,5-6,11H2,1-2H3/b13-10-. The normalized spacial score (nSPS) is 15.7. The largest absolute Gasteiger partial charge is 0.320 e. The number of hydrogen-bond acceptors (Lipinski definition) is 3. The summed E-state index contributed by atoms with van der Waals surface area (Å²) in [6, 6.07) is 6.16. The van der Waals surface area contributed by atoms with Gasteiger partial charge in [0.2, 0.25) is 0 Å². The van der Waals surface area contributed by atoms with E-state index < -0.39 is 0 Å². The Balaban J connectivity index is 1.92. The molecule has 3 aromatic rings. The summed E-state index contributed by atoms with van der Waals surface area (Å²) in [6.45, 7) is 4.13. The van der Waals surface area contributed by atoms with E-state index in [-0.39, 0.29) is 0 Å². The van der Waals surface area contributed by atoms with Crippen LogP contribution in [-0.2, 0) is 13.0 Å². The molecule has 0 fully saturated rings. The molecule has 0 saturated carbocycles. The van der Waals surface area contributed by atoms with Gasteiger partial charge in [0.25, 0.3) is 0 Å². The summed E-state index contributed by atoms with van der Waals surface area (Å²) in [5.74, 6) is 0. The molecule has 1 aliphatic heterocycles. The van der Waals surface area contributed by atoms with Crippen LogP contribution in [-0.4, -0.2) is 33.0 Å². The van der Waals surface area contributed by atoms with Crippen molar-refractivity contribution >= 4 is 34.3 Å². The monoisotopic (exact) mass is 338 g/mol. The maximum Gasteiger partial charge on any atom is 0.115 e. The van der Waals surface area contributed by atoms with Crippen LogP contribution in [0.3, 0.4) is 0 Å². The van der Waals surface area contributed by atoms with E-state index in [1.165, 1.54) is 22.2 Å². The van der Waals surface area contributed by atoms with Gasteiger partial charge in [0, 0.05) is 59.8 Å². The van der Waals surface area contributed by atoms with Crippen LogP contribution in [0.1, 0.15) is 23.7 Å². The lowest BCUT2D eigenvalue weighted by Crippen LogP contribution is -2.26. The van der Waals surface area contributed by atoms with Crippen molar-refractivity contribution in [1.82, 2.24) is 19.4 Å². The smallest absolute Gasteiger partial charge is 0.115 e. The minimum Gasteiger partial charge on any atom is -0.320 e. The summed E-state index contributed by atoms with van der Waals surface area (Å²) in [5.41, 5.74) is 6.14. The summed E-state index contributed by atoms with van der Waals surface area (Å²) >= 11 is 6.25. The van der Waals surface area contributed by atoms with E-state index in [0.29, 0.717) is 0 Å². The van der Waals surface area contributed by atoms with Gasteiger partial charge in [0.1, 0.15) is 6.33 Å². The van der Waals surface area contributed by atoms with Crippen LogP contribution < -0.4 is 0 Å². The molecule has 0 unspecified atom stereocenters. The van der Waals surface area contributed by atoms with Crippen molar-refractivity contribution in [3.8, 4) is 0 Å². The molecule has 0 bridgehead atoms. The zero-order chi connectivity index (χ0) is 16.7. The van der Waals surface area contributed by atoms with Crippen LogP contribution in [0.4, 0.5) is 0 Å². The molecule has 1 aliphatic rings. The molecule has 0 saturated heterocycles. The molecule has 0 N–H and O–H groups in total. The Hall–Kier alpha value is -2.17. The van der Waals surface area contributed by atoms with Crippen molar-refractivity contribution in [2.45, 2.75) is 19.9 Å². The maximum atomic E-state index is 6.25. The number of likely N-dealkylation sites (N-methyl/N-ethyl adjacent to an activating group) is 1. The van der Waals surface area contributed by atoms with Gasteiger partial charge in [-0.1, -0.05) is 11.6 Å². The highest BCUT2D eigenvalue weighted by atomic mass is 35.5. The van der Waals surface area contributed by atoms with E-state index in [4.69, 9.17) is 11.6 Å². The number of halogens is 1. The number of aromatic nitrogens is 3. The Kier molecular flexibility index (Phi) is 3.87. The lowest BCUT2D eigenvalue weighted by atomic mass is 10.1. The molecule has 4 rings (SSSR count). The van der Waals surface area contributed by atoms with Gasteiger partial charge in [-0.15, -0.1) is 0 Å². The maximum absolute atomic E-state index is 6.25. The number of rotatable bonds is 2. The SMILES string of the molecule is C/C(=C/n1c2c(c3cc(Cl)ccc31)CN(C)CC2)c1cncnc1. The fourth-order valence-electron chi connectivity index (χ4n) is 3.42. The van der Waals surface area contributed by atoms with Gasteiger partial charge in [-0.3, -0.25) is 0 Å². The van der Waals surface area contributed by atoms with E-state index in [1.807, 2.05) is 18.5 Å². The Bertz CT molecular complexity index is 927. The van der Waals surface area contributed by atoms with Gasteiger partial charge in [0.15, 0.2) is 0 Å². The van der Waals surface area contributed by atoms with Crippen LogP contribution in [0.5, 0.6) is 0 Å². The van der Waals surface area contributed by atoms with Gasteiger partial charge in [-0.2, -0.15) is 0 Å². The third-order valence-electron chi connectivity index (χ3n) is 4.68. The van der Waals surface area contributed by atoms with E-state index in [0.717, 1.165) is 35.7 Å². The minimum absolute atomic E-state index is 0.785. The molecule has 0 radical (unpaired) electrons. The number of fused-ring (bicyclic) bond motifs is 3. The number of benzene rings is 1. The molecular formula is C19H19ClN4. The lowest BCUT2D eigenvalue weighted by molar-refractivity contribution is 0.312. The van der Waals surface area contributed by atoms with Crippen LogP contribution in [0.2, 0.25) is 5.02 Å². The van der Waals surface area contributed by atoms with Gasteiger partial charge in [0.05, 0.1) is 5.52 Å². The predicted molar refractivity (Wildman–Crippen MR) is 98.9 cm³/mol. The lowest BCUT2D eigenvalue weighted by Gasteiger charge is -2.23. The fourth-order valence-corrected chi connectivity index (χ4v) is 3.59. The van der Waals surface area contributed by atoms with E-state index in [1.54, 1.807) is 6.33 Å². The number of nitrogens with zero attached hydrogens (tertiary/aromatic N) is 4. The summed E-state index contributed by atoms with van der Waals surface area (Å²) < 4.78 is 2.32. The average Bonchev–Trinajstić information content (AvgIpc) is 2.88. The second-order valence-corrected chi connectivity index (χ2v) is 6.82. The van der Waals surface area contributed by atoms with E-state index >= 15 is 0 Å². The highest BCUT2D eigenvalue weighted by Gasteiger charge is 2.22. The molecule has 0 amide bonds. The summed E-state index contributed by atoms with van der Waals surface area (Å²) in [4.78, 5) is 10.6. The first-order chi connectivity index (χ1) is 11.6. The van der Waals surface area contributed by atoms with Gasteiger partial charge in [-0.25, -0.2) is 9.97 Å². The first-order valence-corrected chi connectivity index (χ1v) is 8.45. The Morgan fingerprint density at radius 1 is 1.25 bits per heavy atom. The van der Waals surface area contributed by atoms with Crippen molar-refractivity contribution in [2.75, 3.05) is 13.6 Å². The number of hydrogen-bond donors (Lipinski definition) is 0. The summed E-state index contributed by atoms with van der Waals surface area (Å²) in [5, 5.41) is 2.03. The molecular weight excluding hydrogens is 320 g/mol. The highest BCUT2D eigenvalue weighted by molar-refractivity contribution is 6.31. The Labute approximate surface area is 146 Å². The van der Waals surface area contributed by atoms with Crippen molar-refractivity contribution < 1.29 is 0 Å². The predicted octanol–water partition coefficient (Wildman–Crippen LogP) is 4.09. The van der Waals surface area contributed by atoms with Gasteiger partial charge in [-0.05, 0) is 43.3 Å². The van der Waals surface area contributed by atoms with E-state index in [2.05, 4.69) is 51.7 Å². The van der Waals surface area contributed by atoms with Crippen LogP contribution in [0.25, 0.3) is 22.7 Å². The third-order valence-corrected chi connectivity index (χ3v) is 4.91. The van der Waals surface area contributed by atoms with Crippen LogP contribution in [0, 0.1) is 0 Å². The second kappa shape index (κ2) is 6.04. The van der Waals surface area contributed by atoms with Crippen LogP contribution in [0.15, 0.2) is 36.9 Å². The van der Waals surface area contributed by atoms with Gasteiger partial charge >= 0.3 is 0 Å². The summed E-state index contributed by atoms with van der Waals surface area (Å²) in [6.07, 6.45) is 8.48. The molecule has 122 valence electrons. The van der Waals surface area contributed by atoms with Gasteiger partial charge < -0.3 is 9.47 Å². The van der Waals surface area contributed by atoms with Crippen molar-refractivity contribution in [2.24, 2.45) is 0 Å². The van der Waals surface area contributed by atoms with Crippen molar-refractivity contribution in [1.29, 1.82) is 0 Å². The summed E-state index contributed by atoms with van der Waals surface area (Å²) in [7, 11) is 2.17. The zero-order valence-electron chi connectivity index (χ0n) is 13.8. The first-order valence-electron chi connectivity index (χ1n) is 8.07. The molecule has 0 aliphatic carbocycles. The highest BCUT2D eigenvalue weighted by Crippen LogP contribution is 2.33. The molecule has 24 heavy (non-hydrogen) atoms. The molecule has 5 heteroatoms. The van der Waals surface area contributed by atoms with Crippen LogP contribution >= 0.6 is 11.6 Å². The Morgan fingerprint density at radius 3 is 2.83 bits per heavy atom. The average molecular weight is 339 g/mol. The zero-order valence-corrected chi connectivity index (χ0v) is 14.6. The molecule has 1 aromatic carbocycles. The third kappa shape index (κ3) is 2.62.